The van der Waals surface area contributed by atoms with Crippen LogP contribution >= 0.6 is 24.0 Å². The maximum atomic E-state index is 11.9. The summed E-state index contributed by atoms with van der Waals surface area (Å²) in [5.74, 6) is 1.51. The number of carbonyl (C=O) groups excluding carboxylic acids is 1. The Hall–Kier alpha value is -2.04. The van der Waals surface area contributed by atoms with Crippen molar-refractivity contribution in [2.45, 2.75) is 32.2 Å². The highest BCUT2D eigenvalue weighted by Gasteiger charge is 2.24. The van der Waals surface area contributed by atoms with Gasteiger partial charge in [0.2, 0.25) is 0 Å². The van der Waals surface area contributed by atoms with Gasteiger partial charge in [0, 0.05) is 39.3 Å². The molecule has 0 radical (unpaired) electrons. The van der Waals surface area contributed by atoms with E-state index in [-0.39, 0.29) is 36.0 Å². The predicted octanol–water partition coefficient (Wildman–Crippen LogP) is 2.73. The highest BCUT2D eigenvalue weighted by molar-refractivity contribution is 14.0. The van der Waals surface area contributed by atoms with Gasteiger partial charge in [-0.1, -0.05) is 0 Å². The molecule has 0 saturated carbocycles. The van der Waals surface area contributed by atoms with Crippen LogP contribution in [0.25, 0.3) is 0 Å². The van der Waals surface area contributed by atoms with E-state index in [1.54, 1.807) is 32.6 Å². The Labute approximate surface area is 182 Å². The third-order valence-electron chi connectivity index (χ3n) is 4.63. The SMILES string of the molecule is CCOC(=O)c1cnn(C2CCCN(C(=NC)NCCc3ccco3)C2)c1.I. The number of nitrogens with zero attached hydrogens (tertiary/aromatic N) is 4. The van der Waals surface area contributed by atoms with Gasteiger partial charge in [-0.15, -0.1) is 24.0 Å². The number of halogens is 1. The Balaban J connectivity index is 0.00000280. The Kier molecular flexibility index (Phi) is 8.81. The van der Waals surface area contributed by atoms with E-state index in [0.29, 0.717) is 12.2 Å². The van der Waals surface area contributed by atoms with Gasteiger partial charge < -0.3 is 19.4 Å². The second kappa shape index (κ2) is 11.1. The molecule has 1 saturated heterocycles. The summed E-state index contributed by atoms with van der Waals surface area (Å²) in [4.78, 5) is 18.5. The third-order valence-corrected chi connectivity index (χ3v) is 4.63. The zero-order chi connectivity index (χ0) is 19.1. The Morgan fingerprint density at radius 2 is 2.36 bits per heavy atom. The molecule has 1 aliphatic heterocycles. The van der Waals surface area contributed by atoms with Gasteiger partial charge >= 0.3 is 5.97 Å². The fourth-order valence-electron chi connectivity index (χ4n) is 3.31. The van der Waals surface area contributed by atoms with Crippen molar-refractivity contribution in [3.05, 3.63) is 42.1 Å². The zero-order valence-electron chi connectivity index (χ0n) is 16.3. The molecular formula is C19H28IN5O3. The van der Waals surface area contributed by atoms with Crippen molar-refractivity contribution < 1.29 is 13.9 Å². The van der Waals surface area contributed by atoms with Crippen LogP contribution in [-0.2, 0) is 11.2 Å². The van der Waals surface area contributed by atoms with Crippen molar-refractivity contribution in [3.8, 4) is 0 Å². The number of aromatic nitrogens is 2. The number of rotatable bonds is 6. The quantitative estimate of drug-likeness (QED) is 0.284. The molecule has 1 unspecified atom stereocenters. The normalized spacial score (nSPS) is 17.1. The highest BCUT2D eigenvalue weighted by Crippen LogP contribution is 2.21. The number of nitrogens with one attached hydrogen (secondary N) is 1. The molecule has 3 heterocycles. The van der Waals surface area contributed by atoms with Crippen molar-refractivity contribution >= 4 is 35.9 Å². The number of ether oxygens (including phenoxy) is 1. The molecule has 1 fully saturated rings. The number of likely N-dealkylation sites (tertiary alicyclic amines) is 1. The van der Waals surface area contributed by atoms with Gasteiger partial charge in [0.25, 0.3) is 0 Å². The number of furan rings is 1. The van der Waals surface area contributed by atoms with Crippen LogP contribution in [0.3, 0.4) is 0 Å². The molecule has 28 heavy (non-hydrogen) atoms. The number of guanidine groups is 1. The molecule has 1 N–H and O–H groups in total. The maximum Gasteiger partial charge on any atom is 0.341 e. The lowest BCUT2D eigenvalue weighted by atomic mass is 10.1. The first-order chi connectivity index (χ1) is 13.2. The summed E-state index contributed by atoms with van der Waals surface area (Å²) in [6, 6.07) is 4.07. The van der Waals surface area contributed by atoms with Crippen molar-refractivity contribution in [1.82, 2.24) is 20.0 Å². The first-order valence-corrected chi connectivity index (χ1v) is 9.40. The fraction of sp³-hybridized carbons (Fsp3) is 0.526. The highest BCUT2D eigenvalue weighted by atomic mass is 127. The van der Waals surface area contributed by atoms with Crippen LogP contribution in [0.4, 0.5) is 0 Å². The van der Waals surface area contributed by atoms with E-state index in [0.717, 1.165) is 50.6 Å². The molecule has 0 aliphatic carbocycles. The molecule has 3 rings (SSSR count). The molecule has 154 valence electrons. The van der Waals surface area contributed by atoms with Gasteiger partial charge in [0.15, 0.2) is 5.96 Å². The lowest BCUT2D eigenvalue weighted by molar-refractivity contribution is 0.0526. The molecule has 8 nitrogen and oxygen atoms in total. The first-order valence-electron chi connectivity index (χ1n) is 9.40. The molecule has 0 aromatic carbocycles. The minimum Gasteiger partial charge on any atom is -0.469 e. The minimum atomic E-state index is -0.327. The Morgan fingerprint density at radius 1 is 1.50 bits per heavy atom. The van der Waals surface area contributed by atoms with E-state index in [4.69, 9.17) is 9.15 Å². The summed E-state index contributed by atoms with van der Waals surface area (Å²) in [6.07, 6.45) is 7.91. The number of carbonyl (C=O) groups is 1. The summed E-state index contributed by atoms with van der Waals surface area (Å²) < 4.78 is 12.3. The van der Waals surface area contributed by atoms with Crippen molar-refractivity contribution in [2.75, 3.05) is 33.3 Å². The van der Waals surface area contributed by atoms with Crippen LogP contribution in [0.2, 0.25) is 0 Å². The fourth-order valence-corrected chi connectivity index (χ4v) is 3.31. The van der Waals surface area contributed by atoms with Gasteiger partial charge in [-0.3, -0.25) is 9.67 Å². The van der Waals surface area contributed by atoms with E-state index < -0.39 is 0 Å². The average molecular weight is 501 g/mol. The van der Waals surface area contributed by atoms with Gasteiger partial charge in [0.05, 0.1) is 30.7 Å². The summed E-state index contributed by atoms with van der Waals surface area (Å²) >= 11 is 0. The van der Waals surface area contributed by atoms with Crippen LogP contribution in [0.15, 0.2) is 40.2 Å². The van der Waals surface area contributed by atoms with Crippen LogP contribution < -0.4 is 5.32 Å². The molecule has 0 bridgehead atoms. The summed E-state index contributed by atoms with van der Waals surface area (Å²) in [5, 5.41) is 7.78. The van der Waals surface area contributed by atoms with Crippen molar-refractivity contribution in [1.29, 1.82) is 0 Å². The van der Waals surface area contributed by atoms with E-state index in [9.17, 15) is 4.79 Å². The van der Waals surface area contributed by atoms with Crippen LogP contribution in [0.5, 0.6) is 0 Å². The largest absolute Gasteiger partial charge is 0.469 e. The Bertz CT molecular complexity index is 759. The lowest BCUT2D eigenvalue weighted by Crippen LogP contribution is -2.47. The van der Waals surface area contributed by atoms with Crippen molar-refractivity contribution in [2.24, 2.45) is 4.99 Å². The molecule has 1 aliphatic rings. The molecule has 2 aromatic heterocycles. The lowest BCUT2D eigenvalue weighted by Gasteiger charge is -2.35. The average Bonchev–Trinajstić information content (AvgIpc) is 3.37. The maximum absolute atomic E-state index is 11.9. The van der Waals surface area contributed by atoms with E-state index in [1.165, 1.54) is 0 Å². The molecule has 0 amide bonds. The van der Waals surface area contributed by atoms with E-state index in [2.05, 4.69) is 20.3 Å². The first kappa shape index (κ1) is 22.3. The molecule has 0 spiro atoms. The summed E-state index contributed by atoms with van der Waals surface area (Å²) in [6.45, 7) is 4.66. The smallest absolute Gasteiger partial charge is 0.341 e. The standard InChI is InChI=1S/C19H27N5O3.HI/c1-3-26-18(25)15-12-22-24(13-15)16-6-4-10-23(14-16)19(20-2)21-9-8-17-7-5-11-27-17;/h5,7,11-13,16H,3-4,6,8-10,14H2,1-2H3,(H,20,21);1H. The number of hydrogen-bond donors (Lipinski definition) is 1. The topological polar surface area (TPSA) is 84.9 Å². The number of esters is 1. The molecular weight excluding hydrogens is 473 g/mol. The predicted molar refractivity (Wildman–Crippen MR) is 117 cm³/mol. The number of aliphatic imine (C=N–C) groups is 1. The van der Waals surface area contributed by atoms with Crippen LogP contribution in [0.1, 0.15) is 41.9 Å². The molecule has 2 aromatic rings. The molecule has 1 atom stereocenters. The van der Waals surface area contributed by atoms with E-state index >= 15 is 0 Å². The summed E-state index contributed by atoms with van der Waals surface area (Å²) in [5.41, 5.74) is 0.495. The van der Waals surface area contributed by atoms with Gasteiger partial charge in [-0.05, 0) is 31.9 Å². The third kappa shape index (κ3) is 5.73. The van der Waals surface area contributed by atoms with Gasteiger partial charge in [-0.2, -0.15) is 5.10 Å². The second-order valence-electron chi connectivity index (χ2n) is 6.47. The van der Waals surface area contributed by atoms with Crippen LogP contribution in [-0.4, -0.2) is 59.9 Å². The number of piperidine rings is 1. The zero-order valence-corrected chi connectivity index (χ0v) is 18.7. The summed E-state index contributed by atoms with van der Waals surface area (Å²) in [7, 11) is 1.80. The van der Waals surface area contributed by atoms with Gasteiger partial charge in [0.1, 0.15) is 5.76 Å². The van der Waals surface area contributed by atoms with Crippen LogP contribution in [0, 0.1) is 0 Å². The number of hydrogen-bond acceptors (Lipinski definition) is 5. The minimum absolute atomic E-state index is 0. The van der Waals surface area contributed by atoms with E-state index in [1.807, 2.05) is 16.8 Å². The van der Waals surface area contributed by atoms with Crippen molar-refractivity contribution in [3.63, 3.8) is 0 Å². The van der Waals surface area contributed by atoms with Gasteiger partial charge in [-0.25, -0.2) is 4.79 Å². The monoisotopic (exact) mass is 501 g/mol. The molecule has 9 heteroatoms. The Morgan fingerprint density at radius 3 is 3.07 bits per heavy atom. The second-order valence-corrected chi connectivity index (χ2v) is 6.47.